The number of pyridine rings is 2. The molecule has 4 nitrogen and oxygen atoms in total. The Morgan fingerprint density at radius 2 is 0.714 bits per heavy atom. The number of hydrogen-bond donors (Lipinski definition) is 0. The Morgan fingerprint density at radius 3 is 0.939 bits per heavy atom. The van der Waals surface area contributed by atoms with Crippen LogP contribution < -0.4 is 9.47 Å². The summed E-state index contributed by atoms with van der Waals surface area (Å²) in [4.78, 5) is 10.7. The molecule has 0 fully saturated rings. The number of fused-ring (bicyclic) bond motifs is 3. The van der Waals surface area contributed by atoms with Crippen LogP contribution in [-0.4, -0.2) is 24.2 Å². The molecular formula is C42H52Cl2CoN2O2. The molecule has 0 spiro atoms. The van der Waals surface area contributed by atoms with Crippen molar-refractivity contribution >= 4 is 42.1 Å². The molecule has 265 valence electrons. The van der Waals surface area contributed by atoms with Crippen molar-refractivity contribution in [3.63, 3.8) is 0 Å². The van der Waals surface area contributed by atoms with Gasteiger partial charge in [-0.05, 0) is 58.1 Å². The van der Waals surface area contributed by atoms with Gasteiger partial charge in [0.15, 0.2) is 0 Å². The Hall–Kier alpha value is -2.83. The predicted molar refractivity (Wildman–Crippen MR) is 208 cm³/mol. The van der Waals surface area contributed by atoms with Crippen molar-refractivity contribution in [2.75, 3.05) is 14.2 Å². The van der Waals surface area contributed by atoms with E-state index in [0.717, 1.165) is 55.8 Å². The second-order valence-electron chi connectivity index (χ2n) is 16.9. The minimum absolute atomic E-state index is 0.0997. The average molecular weight is 747 g/mol. The number of aromatic nitrogens is 2. The topological polar surface area (TPSA) is 44.2 Å². The van der Waals surface area contributed by atoms with E-state index in [1.807, 2.05) is 0 Å². The molecule has 0 saturated heterocycles. The van der Waals surface area contributed by atoms with Crippen molar-refractivity contribution in [2.45, 2.75) is 105 Å². The van der Waals surface area contributed by atoms with Gasteiger partial charge in [-0.15, -0.1) is 0 Å². The van der Waals surface area contributed by atoms with Gasteiger partial charge >= 0.3 is 33.2 Å². The molecule has 0 atom stereocenters. The monoisotopic (exact) mass is 745 g/mol. The van der Waals surface area contributed by atoms with Gasteiger partial charge in [0.2, 0.25) is 0 Å². The van der Waals surface area contributed by atoms with Crippen LogP contribution >= 0.6 is 20.3 Å². The van der Waals surface area contributed by atoms with Crippen molar-refractivity contribution < 1.29 is 22.4 Å². The molecule has 0 aliphatic rings. The Labute approximate surface area is 308 Å². The summed E-state index contributed by atoms with van der Waals surface area (Å²) in [6.45, 7) is 26.9. The fourth-order valence-corrected chi connectivity index (χ4v) is 6.31. The van der Waals surface area contributed by atoms with Crippen molar-refractivity contribution in [3.8, 4) is 34.0 Å². The van der Waals surface area contributed by atoms with Gasteiger partial charge in [0.05, 0.1) is 36.6 Å². The second-order valence-corrected chi connectivity index (χ2v) is 18.6. The maximum absolute atomic E-state index is 6.04. The molecule has 3 aromatic carbocycles. The van der Waals surface area contributed by atoms with Crippen LogP contribution in [0.25, 0.3) is 44.3 Å². The van der Waals surface area contributed by atoms with Gasteiger partial charge in [0.25, 0.3) is 0 Å². The molecule has 0 amide bonds. The fraction of sp³-hybridized carbons (Fsp3) is 0.429. The molecule has 7 heteroatoms. The Bertz CT molecular complexity index is 1760. The summed E-state index contributed by atoms with van der Waals surface area (Å²) in [5, 5.41) is 2.14. The van der Waals surface area contributed by atoms with Crippen LogP contribution in [0.15, 0.2) is 60.7 Å². The molecular weight excluding hydrogens is 694 g/mol. The summed E-state index contributed by atoms with van der Waals surface area (Å²) >= 11 is 0.382. The average Bonchev–Trinajstić information content (AvgIpc) is 3.01. The van der Waals surface area contributed by atoms with Crippen LogP contribution in [0.5, 0.6) is 11.5 Å². The van der Waals surface area contributed by atoms with Crippen LogP contribution in [0.4, 0.5) is 0 Å². The van der Waals surface area contributed by atoms with E-state index in [-0.39, 0.29) is 21.7 Å². The molecule has 5 aromatic rings. The molecule has 5 rings (SSSR count). The molecule has 2 heterocycles. The van der Waals surface area contributed by atoms with Gasteiger partial charge < -0.3 is 9.47 Å². The first-order valence-corrected chi connectivity index (χ1v) is 19.5. The number of methoxy groups -OCH3 is 2. The summed E-state index contributed by atoms with van der Waals surface area (Å²) in [7, 11) is 13.0. The SMILES string of the molecule is COc1c(C(C)(C)C)cc(-c2ccc3ccc4ccc(-c5cc(C(C)(C)C)c(OC)c(C(C)(C)C)c5)nc4c3n2)cc1C(C)(C)C.[Cl][Co][Cl]. The minimum atomic E-state index is -0.0997. The summed E-state index contributed by atoms with van der Waals surface area (Å²) in [5.74, 6) is 1.93. The van der Waals surface area contributed by atoms with Crippen LogP contribution in [0.1, 0.15) is 105 Å². The zero-order valence-electron chi connectivity index (χ0n) is 31.6. The van der Waals surface area contributed by atoms with Gasteiger partial charge in [0, 0.05) is 44.2 Å². The number of rotatable bonds is 4. The number of benzene rings is 3. The third kappa shape index (κ3) is 8.39. The quantitative estimate of drug-likeness (QED) is 0.172. The Kier molecular flexibility index (Phi) is 11.5. The molecule has 0 radical (unpaired) electrons. The zero-order chi connectivity index (χ0) is 36.7. The van der Waals surface area contributed by atoms with Crippen molar-refractivity contribution in [1.82, 2.24) is 9.97 Å². The first kappa shape index (κ1) is 39.0. The number of hydrogen-bond acceptors (Lipinski definition) is 4. The maximum atomic E-state index is 6.04. The van der Waals surface area contributed by atoms with E-state index in [1.54, 1.807) is 14.2 Å². The van der Waals surface area contributed by atoms with Gasteiger partial charge in [-0.3, -0.25) is 0 Å². The predicted octanol–water partition coefficient (Wildman–Crippen LogP) is 12.7. The summed E-state index contributed by atoms with van der Waals surface area (Å²) < 4.78 is 12.1. The van der Waals surface area contributed by atoms with Crippen LogP contribution in [-0.2, 0) is 34.6 Å². The fourth-order valence-electron chi connectivity index (χ4n) is 6.31. The molecule has 0 saturated carbocycles. The van der Waals surface area contributed by atoms with Gasteiger partial charge in [-0.1, -0.05) is 107 Å². The van der Waals surface area contributed by atoms with E-state index in [2.05, 4.69) is 144 Å². The Morgan fingerprint density at radius 1 is 0.469 bits per heavy atom. The third-order valence-electron chi connectivity index (χ3n) is 8.93. The van der Waals surface area contributed by atoms with Crippen LogP contribution in [0.3, 0.4) is 0 Å². The molecule has 0 aliphatic heterocycles. The molecule has 0 aliphatic carbocycles. The van der Waals surface area contributed by atoms with E-state index in [1.165, 1.54) is 22.3 Å². The number of ether oxygens (including phenoxy) is 2. The standard InChI is InChI=1S/C42H52N2O2.2ClH.Co/c1-39(2,3)29-21-27(22-30(37(29)45-13)40(4,5)6)33-19-17-25-15-16-26-18-20-34(44-36(26)35(25)43-33)28-23-31(41(7,8)9)38(46-14)32(24-28)42(10,11)12;;;/h15-24H,1-14H3;2*1H;/q;;;+2/p-2. The Balaban J connectivity index is 0.00000174. The summed E-state index contributed by atoms with van der Waals surface area (Å²) in [6.07, 6.45) is 0. The zero-order valence-corrected chi connectivity index (χ0v) is 34.1. The number of nitrogens with zero attached hydrogens (tertiary/aromatic N) is 2. The third-order valence-corrected chi connectivity index (χ3v) is 8.93. The van der Waals surface area contributed by atoms with E-state index < -0.39 is 0 Å². The van der Waals surface area contributed by atoms with Crippen LogP contribution in [0, 0.1) is 0 Å². The van der Waals surface area contributed by atoms with Gasteiger partial charge in [0.1, 0.15) is 11.5 Å². The molecule has 2 aromatic heterocycles. The number of halogens is 2. The molecule has 49 heavy (non-hydrogen) atoms. The molecule has 0 N–H and O–H groups in total. The van der Waals surface area contributed by atoms with Gasteiger partial charge in [-0.2, -0.15) is 0 Å². The first-order chi connectivity index (χ1) is 22.6. The van der Waals surface area contributed by atoms with Gasteiger partial charge in [-0.25, -0.2) is 9.97 Å². The van der Waals surface area contributed by atoms with E-state index in [0.29, 0.717) is 12.9 Å². The van der Waals surface area contributed by atoms with E-state index in [4.69, 9.17) is 39.7 Å². The van der Waals surface area contributed by atoms with Crippen molar-refractivity contribution in [3.05, 3.63) is 82.9 Å². The van der Waals surface area contributed by atoms with Crippen molar-refractivity contribution in [1.29, 1.82) is 0 Å². The first-order valence-electron chi connectivity index (χ1n) is 16.7. The summed E-state index contributed by atoms with van der Waals surface area (Å²) in [6, 6.07) is 21.9. The van der Waals surface area contributed by atoms with E-state index in [9.17, 15) is 0 Å². The van der Waals surface area contributed by atoms with Crippen molar-refractivity contribution in [2.24, 2.45) is 0 Å². The second kappa shape index (κ2) is 14.4. The van der Waals surface area contributed by atoms with Crippen LogP contribution in [0.2, 0.25) is 0 Å². The van der Waals surface area contributed by atoms with E-state index >= 15 is 0 Å². The summed E-state index contributed by atoms with van der Waals surface area (Å²) in [5.41, 5.74) is 10.2. The molecule has 0 bridgehead atoms. The normalized spacial score (nSPS) is 12.7. The molecule has 0 unspecified atom stereocenters.